The number of nitrogens with zero attached hydrogens (tertiary/aromatic N) is 1. The predicted molar refractivity (Wildman–Crippen MR) is 65.9 cm³/mol. The summed E-state index contributed by atoms with van der Waals surface area (Å²) in [6.45, 7) is 3.71. The van der Waals surface area contributed by atoms with Crippen LogP contribution in [0.1, 0.15) is 19.4 Å². The third-order valence-corrected chi connectivity index (χ3v) is 3.23. The fourth-order valence-corrected chi connectivity index (χ4v) is 1.85. The Morgan fingerprint density at radius 2 is 1.62 bits per heavy atom. The van der Waals surface area contributed by atoms with Crippen molar-refractivity contribution in [3.63, 3.8) is 0 Å². The lowest BCUT2D eigenvalue weighted by Crippen LogP contribution is -2.14. The molecule has 0 heterocycles. The average molecular weight is 284 g/mol. The zero-order valence-electron chi connectivity index (χ0n) is 9.80. The van der Waals surface area contributed by atoms with Gasteiger partial charge in [-0.05, 0) is 47.5 Å². The van der Waals surface area contributed by atoms with E-state index in [4.69, 9.17) is 14.7 Å². The first-order chi connectivity index (χ1) is 7.46. The van der Waals surface area contributed by atoms with E-state index in [1.807, 2.05) is 26.0 Å². The van der Waals surface area contributed by atoms with E-state index in [0.29, 0.717) is 11.5 Å². The molecule has 0 saturated carbocycles. The van der Waals surface area contributed by atoms with Gasteiger partial charge in [0, 0.05) is 0 Å². The molecule has 1 aromatic carbocycles. The van der Waals surface area contributed by atoms with Gasteiger partial charge in [0.25, 0.3) is 0 Å². The lowest BCUT2D eigenvalue weighted by atomic mass is 9.86. The van der Waals surface area contributed by atoms with Crippen LogP contribution in [0.25, 0.3) is 0 Å². The molecule has 0 fully saturated rings. The molecule has 3 nitrogen and oxygen atoms in total. The quantitative estimate of drug-likeness (QED) is 0.855. The third kappa shape index (κ3) is 2.30. The SMILES string of the molecule is COc1cc(C(C)(C)C#N)cc(OC)c1Br. The normalized spacial score (nSPS) is 10.8. The molecular weight excluding hydrogens is 270 g/mol. The Hall–Kier alpha value is -1.21. The fourth-order valence-electron chi connectivity index (χ4n) is 1.29. The van der Waals surface area contributed by atoms with Crippen molar-refractivity contribution >= 4 is 15.9 Å². The molecule has 0 unspecified atom stereocenters. The number of hydrogen-bond donors (Lipinski definition) is 0. The Labute approximate surface area is 104 Å². The van der Waals surface area contributed by atoms with Crippen LogP contribution in [-0.4, -0.2) is 14.2 Å². The number of halogens is 1. The van der Waals surface area contributed by atoms with Crippen molar-refractivity contribution in [2.45, 2.75) is 19.3 Å². The highest BCUT2D eigenvalue weighted by atomic mass is 79.9. The highest BCUT2D eigenvalue weighted by Gasteiger charge is 2.23. The van der Waals surface area contributed by atoms with Crippen LogP contribution < -0.4 is 9.47 Å². The summed E-state index contributed by atoms with van der Waals surface area (Å²) in [6, 6.07) is 5.94. The Morgan fingerprint density at radius 1 is 1.19 bits per heavy atom. The van der Waals surface area contributed by atoms with Crippen molar-refractivity contribution in [3.05, 3.63) is 22.2 Å². The van der Waals surface area contributed by atoms with Gasteiger partial charge in [-0.15, -0.1) is 0 Å². The van der Waals surface area contributed by atoms with Crippen LogP contribution in [-0.2, 0) is 5.41 Å². The summed E-state index contributed by atoms with van der Waals surface area (Å²) in [4.78, 5) is 0. The molecule has 0 N–H and O–H groups in total. The smallest absolute Gasteiger partial charge is 0.137 e. The molecule has 0 aliphatic rings. The molecule has 0 radical (unpaired) electrons. The molecular formula is C12H14BrNO2. The largest absolute Gasteiger partial charge is 0.495 e. The second-order valence-corrected chi connectivity index (χ2v) is 4.72. The summed E-state index contributed by atoms with van der Waals surface area (Å²) in [5, 5.41) is 9.10. The molecule has 0 bridgehead atoms. The van der Waals surface area contributed by atoms with Gasteiger partial charge in [0.1, 0.15) is 16.0 Å². The standard InChI is InChI=1S/C12H14BrNO2/c1-12(2,7-14)8-5-9(15-3)11(13)10(6-8)16-4/h5-6H,1-4H3. The molecule has 0 spiro atoms. The fraction of sp³-hybridized carbons (Fsp3) is 0.417. The minimum Gasteiger partial charge on any atom is -0.495 e. The summed E-state index contributed by atoms with van der Waals surface area (Å²) < 4.78 is 11.2. The minimum atomic E-state index is -0.568. The number of nitriles is 1. The van der Waals surface area contributed by atoms with Gasteiger partial charge in [0.2, 0.25) is 0 Å². The van der Waals surface area contributed by atoms with E-state index in [1.165, 1.54) is 0 Å². The van der Waals surface area contributed by atoms with Crippen LogP contribution in [0.2, 0.25) is 0 Å². The van der Waals surface area contributed by atoms with Crippen LogP contribution in [0.15, 0.2) is 16.6 Å². The van der Waals surface area contributed by atoms with Crippen molar-refractivity contribution in [1.29, 1.82) is 5.26 Å². The molecule has 0 amide bonds. The zero-order chi connectivity index (χ0) is 12.3. The number of hydrogen-bond acceptors (Lipinski definition) is 3. The van der Waals surface area contributed by atoms with Crippen LogP contribution >= 0.6 is 15.9 Å². The summed E-state index contributed by atoms with van der Waals surface area (Å²) in [5.74, 6) is 1.33. The van der Waals surface area contributed by atoms with Crippen LogP contribution in [0.3, 0.4) is 0 Å². The maximum absolute atomic E-state index is 9.10. The van der Waals surface area contributed by atoms with Gasteiger partial charge in [-0.3, -0.25) is 0 Å². The van der Waals surface area contributed by atoms with E-state index in [-0.39, 0.29) is 0 Å². The monoisotopic (exact) mass is 283 g/mol. The van der Waals surface area contributed by atoms with Crippen molar-refractivity contribution < 1.29 is 9.47 Å². The first-order valence-corrected chi connectivity index (χ1v) is 5.59. The Balaban J connectivity index is 3.40. The molecule has 1 rings (SSSR count). The van der Waals surface area contributed by atoms with Gasteiger partial charge >= 0.3 is 0 Å². The van der Waals surface area contributed by atoms with E-state index >= 15 is 0 Å². The van der Waals surface area contributed by atoms with E-state index in [9.17, 15) is 0 Å². The molecule has 4 heteroatoms. The molecule has 0 aliphatic carbocycles. The van der Waals surface area contributed by atoms with E-state index in [1.54, 1.807) is 14.2 Å². The van der Waals surface area contributed by atoms with Gasteiger partial charge in [-0.2, -0.15) is 5.26 Å². The molecule has 86 valence electrons. The Bertz CT molecular complexity index is 410. The maximum atomic E-state index is 9.10. The number of methoxy groups -OCH3 is 2. The lowest BCUT2D eigenvalue weighted by Gasteiger charge is -2.19. The Kier molecular flexibility index (Phi) is 3.82. The van der Waals surface area contributed by atoms with Crippen molar-refractivity contribution in [3.8, 4) is 17.6 Å². The van der Waals surface area contributed by atoms with Crippen molar-refractivity contribution in [2.75, 3.05) is 14.2 Å². The topological polar surface area (TPSA) is 42.2 Å². The molecule has 16 heavy (non-hydrogen) atoms. The van der Waals surface area contributed by atoms with Gasteiger partial charge in [0.05, 0.1) is 25.7 Å². The third-order valence-electron chi connectivity index (χ3n) is 2.45. The summed E-state index contributed by atoms with van der Waals surface area (Å²) in [5.41, 5.74) is 0.299. The first-order valence-electron chi connectivity index (χ1n) is 4.79. The highest BCUT2D eigenvalue weighted by molar-refractivity contribution is 9.10. The van der Waals surface area contributed by atoms with E-state index in [0.717, 1.165) is 10.0 Å². The summed E-state index contributed by atoms with van der Waals surface area (Å²) in [7, 11) is 3.17. The zero-order valence-corrected chi connectivity index (χ0v) is 11.4. The van der Waals surface area contributed by atoms with Gasteiger partial charge < -0.3 is 9.47 Å². The van der Waals surface area contributed by atoms with Gasteiger partial charge in [-0.25, -0.2) is 0 Å². The molecule has 0 saturated heterocycles. The van der Waals surface area contributed by atoms with Crippen molar-refractivity contribution in [2.24, 2.45) is 0 Å². The second-order valence-electron chi connectivity index (χ2n) is 3.93. The summed E-state index contributed by atoms with van der Waals surface area (Å²) >= 11 is 3.39. The van der Waals surface area contributed by atoms with Crippen LogP contribution in [0.4, 0.5) is 0 Å². The number of benzene rings is 1. The van der Waals surface area contributed by atoms with Crippen LogP contribution in [0, 0.1) is 11.3 Å². The second kappa shape index (κ2) is 4.75. The lowest BCUT2D eigenvalue weighted by molar-refractivity contribution is 0.387. The van der Waals surface area contributed by atoms with Gasteiger partial charge in [-0.1, -0.05) is 0 Å². The van der Waals surface area contributed by atoms with E-state index < -0.39 is 5.41 Å². The summed E-state index contributed by atoms with van der Waals surface area (Å²) in [6.07, 6.45) is 0. The molecule has 0 aliphatic heterocycles. The predicted octanol–water partition coefficient (Wildman–Crippen LogP) is 3.27. The number of rotatable bonds is 3. The molecule has 0 aromatic heterocycles. The molecule has 1 aromatic rings. The first kappa shape index (κ1) is 12.9. The van der Waals surface area contributed by atoms with Crippen LogP contribution in [0.5, 0.6) is 11.5 Å². The number of ether oxygens (including phenoxy) is 2. The van der Waals surface area contributed by atoms with Gasteiger partial charge in [0.15, 0.2) is 0 Å². The maximum Gasteiger partial charge on any atom is 0.137 e. The average Bonchev–Trinajstić information content (AvgIpc) is 2.29. The minimum absolute atomic E-state index is 0.568. The Morgan fingerprint density at radius 3 is 1.94 bits per heavy atom. The van der Waals surface area contributed by atoms with E-state index in [2.05, 4.69) is 22.0 Å². The highest BCUT2D eigenvalue weighted by Crippen LogP contribution is 2.38. The molecule has 0 atom stereocenters. The van der Waals surface area contributed by atoms with Crippen molar-refractivity contribution in [1.82, 2.24) is 0 Å².